The Morgan fingerprint density at radius 1 is 1.26 bits per heavy atom. The first kappa shape index (κ1) is 22.7. The monoisotopic (exact) mass is 392 g/mol. The second-order valence-electron chi connectivity index (χ2n) is 6.09. The molecule has 0 aliphatic rings. The summed E-state index contributed by atoms with van der Waals surface area (Å²) in [5, 5.41) is 0.630. The number of ether oxygens (including phenoxy) is 2. The number of rotatable bonds is 7. The third-order valence-electron chi connectivity index (χ3n) is 3.93. The average Bonchev–Trinajstić information content (AvgIpc) is 2.62. The summed E-state index contributed by atoms with van der Waals surface area (Å²) in [7, 11) is 1.61. The van der Waals surface area contributed by atoms with Gasteiger partial charge >= 0.3 is 5.97 Å². The number of aryl methyl sites for hydroxylation is 1. The summed E-state index contributed by atoms with van der Waals surface area (Å²) in [5.41, 5.74) is 3.80. The standard InChI is InChI=1S/C22H26ClFO3/c1-7-27-21(25)13-16(4)19(24)11-9-14(2)8-10-18-15(3)12-20(26-6)17(5)22(18)23/h8-13H,7H2,1-6H3/b10-8+,14-9+,16-13+,19-11-. The van der Waals surface area contributed by atoms with Crippen LogP contribution in [0.15, 0.2) is 47.3 Å². The molecule has 1 aromatic rings. The van der Waals surface area contributed by atoms with Crippen LogP contribution in [0, 0.1) is 13.8 Å². The lowest BCUT2D eigenvalue weighted by Crippen LogP contribution is -2.00. The van der Waals surface area contributed by atoms with E-state index in [0.717, 1.165) is 34.1 Å². The Bertz CT molecular complexity index is 817. The molecule has 0 N–H and O–H groups in total. The van der Waals surface area contributed by atoms with Crippen molar-refractivity contribution in [2.24, 2.45) is 0 Å². The molecule has 0 heterocycles. The van der Waals surface area contributed by atoms with E-state index in [1.54, 1.807) is 20.1 Å². The molecule has 5 heteroatoms. The van der Waals surface area contributed by atoms with Crippen LogP contribution in [0.3, 0.4) is 0 Å². The van der Waals surface area contributed by atoms with E-state index in [1.807, 2.05) is 39.0 Å². The lowest BCUT2D eigenvalue weighted by atomic mass is 10.0. The largest absolute Gasteiger partial charge is 0.496 e. The highest BCUT2D eigenvalue weighted by Gasteiger charge is 2.10. The van der Waals surface area contributed by atoms with Crippen LogP contribution in [0.1, 0.15) is 37.5 Å². The highest BCUT2D eigenvalue weighted by molar-refractivity contribution is 6.33. The van der Waals surface area contributed by atoms with Crippen molar-refractivity contribution in [3.8, 4) is 5.75 Å². The van der Waals surface area contributed by atoms with Crippen molar-refractivity contribution in [1.29, 1.82) is 0 Å². The van der Waals surface area contributed by atoms with Gasteiger partial charge in [0.15, 0.2) is 0 Å². The van der Waals surface area contributed by atoms with Crippen LogP contribution in [0.25, 0.3) is 6.08 Å². The van der Waals surface area contributed by atoms with Crippen molar-refractivity contribution < 1.29 is 18.7 Å². The molecule has 3 nitrogen and oxygen atoms in total. The maximum Gasteiger partial charge on any atom is 0.331 e. The molecule has 0 saturated heterocycles. The molecule has 0 aliphatic carbocycles. The van der Waals surface area contributed by atoms with E-state index in [2.05, 4.69) is 0 Å². The summed E-state index contributed by atoms with van der Waals surface area (Å²) in [6, 6.07) is 1.93. The van der Waals surface area contributed by atoms with Crippen molar-refractivity contribution in [3.63, 3.8) is 0 Å². The maximum absolute atomic E-state index is 14.1. The fourth-order valence-corrected chi connectivity index (χ4v) is 2.62. The van der Waals surface area contributed by atoms with E-state index in [4.69, 9.17) is 21.1 Å². The Morgan fingerprint density at radius 2 is 1.93 bits per heavy atom. The van der Waals surface area contributed by atoms with Gasteiger partial charge in [-0.05, 0) is 63.5 Å². The zero-order chi connectivity index (χ0) is 20.6. The normalized spacial score (nSPS) is 13.3. The number of carbonyl (C=O) groups is 1. The molecule has 0 radical (unpaired) electrons. The lowest BCUT2D eigenvalue weighted by molar-refractivity contribution is -0.137. The number of methoxy groups -OCH3 is 1. The highest BCUT2D eigenvalue weighted by Crippen LogP contribution is 2.32. The predicted molar refractivity (Wildman–Crippen MR) is 110 cm³/mol. The molecule has 0 fully saturated rings. The van der Waals surface area contributed by atoms with Crippen LogP contribution in [0.2, 0.25) is 5.02 Å². The van der Waals surface area contributed by atoms with Gasteiger partial charge in [-0.15, -0.1) is 0 Å². The average molecular weight is 393 g/mol. The summed E-state index contributed by atoms with van der Waals surface area (Å²) in [6.07, 6.45) is 7.83. The smallest absolute Gasteiger partial charge is 0.331 e. The third-order valence-corrected chi connectivity index (χ3v) is 4.42. The van der Waals surface area contributed by atoms with E-state index in [9.17, 15) is 9.18 Å². The molecule has 146 valence electrons. The minimum atomic E-state index is -0.556. The number of esters is 1. The quantitative estimate of drug-likeness (QED) is 0.311. The van der Waals surface area contributed by atoms with Gasteiger partial charge in [-0.1, -0.05) is 35.4 Å². The fraction of sp³-hybridized carbons (Fsp3) is 0.318. The van der Waals surface area contributed by atoms with Crippen molar-refractivity contribution in [2.75, 3.05) is 13.7 Å². The van der Waals surface area contributed by atoms with Gasteiger partial charge in [0.1, 0.15) is 11.6 Å². The van der Waals surface area contributed by atoms with E-state index in [1.165, 1.54) is 13.0 Å². The topological polar surface area (TPSA) is 35.5 Å². The van der Waals surface area contributed by atoms with Crippen molar-refractivity contribution in [1.82, 2.24) is 0 Å². The molecule has 1 rings (SSSR count). The number of allylic oxidation sites excluding steroid dienone is 6. The first-order chi connectivity index (χ1) is 12.7. The first-order valence-corrected chi connectivity index (χ1v) is 9.00. The SMILES string of the molecule is CCOC(=O)/C=C(C)/C(F)=C/C=C(C)/C=C/c1c(C)cc(OC)c(C)c1Cl. The van der Waals surface area contributed by atoms with E-state index in [0.29, 0.717) is 5.02 Å². The van der Waals surface area contributed by atoms with Gasteiger partial charge in [0.2, 0.25) is 0 Å². The van der Waals surface area contributed by atoms with E-state index >= 15 is 0 Å². The Labute approximate surface area is 165 Å². The second-order valence-corrected chi connectivity index (χ2v) is 6.46. The van der Waals surface area contributed by atoms with Gasteiger partial charge in [0.25, 0.3) is 0 Å². The van der Waals surface area contributed by atoms with Gasteiger partial charge in [0.05, 0.1) is 18.7 Å². The Hall–Kier alpha value is -2.33. The summed E-state index contributed by atoms with van der Waals surface area (Å²) < 4.78 is 24.1. The molecule has 0 unspecified atom stereocenters. The molecule has 0 aromatic heterocycles. The maximum atomic E-state index is 14.1. The second kappa shape index (κ2) is 10.7. The van der Waals surface area contributed by atoms with Gasteiger partial charge in [-0.25, -0.2) is 9.18 Å². The fourth-order valence-electron chi connectivity index (χ4n) is 2.32. The van der Waals surface area contributed by atoms with Crippen LogP contribution >= 0.6 is 11.6 Å². The lowest BCUT2D eigenvalue weighted by Gasteiger charge is -2.12. The first-order valence-electron chi connectivity index (χ1n) is 8.62. The number of hydrogen-bond acceptors (Lipinski definition) is 3. The summed E-state index contributed by atoms with van der Waals surface area (Å²) in [4.78, 5) is 11.4. The highest BCUT2D eigenvalue weighted by atomic mass is 35.5. The molecule has 0 amide bonds. The van der Waals surface area contributed by atoms with Crippen LogP contribution in [-0.4, -0.2) is 19.7 Å². The molecule has 1 aromatic carbocycles. The Morgan fingerprint density at radius 3 is 2.52 bits per heavy atom. The molecule has 0 aliphatic heterocycles. The minimum Gasteiger partial charge on any atom is -0.496 e. The number of benzene rings is 1. The molecule has 0 saturated carbocycles. The van der Waals surface area contributed by atoms with Gasteiger partial charge in [-0.3, -0.25) is 0 Å². The van der Waals surface area contributed by atoms with E-state index in [-0.39, 0.29) is 12.2 Å². The zero-order valence-electron chi connectivity index (χ0n) is 16.7. The predicted octanol–water partition coefficient (Wildman–Crippen LogP) is 6.29. The molecule has 27 heavy (non-hydrogen) atoms. The van der Waals surface area contributed by atoms with Crippen molar-refractivity contribution in [3.05, 3.63) is 69.1 Å². The molecule has 0 bridgehead atoms. The van der Waals surface area contributed by atoms with Crippen molar-refractivity contribution in [2.45, 2.75) is 34.6 Å². The Kier molecular flexibility index (Phi) is 9.03. The van der Waals surface area contributed by atoms with Gasteiger partial charge in [-0.2, -0.15) is 0 Å². The number of carbonyl (C=O) groups excluding carboxylic acids is 1. The summed E-state index contributed by atoms with van der Waals surface area (Å²) in [6.45, 7) is 9.18. The summed E-state index contributed by atoms with van der Waals surface area (Å²) in [5.74, 6) is -0.305. The number of halogens is 2. The van der Waals surface area contributed by atoms with Crippen LogP contribution in [-0.2, 0) is 9.53 Å². The van der Waals surface area contributed by atoms with Crippen LogP contribution < -0.4 is 4.74 Å². The van der Waals surface area contributed by atoms with Gasteiger partial charge < -0.3 is 9.47 Å². The molecular formula is C22H26ClFO3. The zero-order valence-corrected chi connectivity index (χ0v) is 17.4. The Balaban J connectivity index is 3.00. The molecular weight excluding hydrogens is 367 g/mol. The van der Waals surface area contributed by atoms with Gasteiger partial charge in [0, 0.05) is 11.6 Å². The van der Waals surface area contributed by atoms with E-state index < -0.39 is 11.8 Å². The minimum absolute atomic E-state index is 0.214. The van der Waals surface area contributed by atoms with Crippen LogP contribution in [0.5, 0.6) is 5.75 Å². The van der Waals surface area contributed by atoms with Crippen LogP contribution in [0.4, 0.5) is 4.39 Å². The molecule has 0 atom stereocenters. The van der Waals surface area contributed by atoms with Crippen molar-refractivity contribution >= 4 is 23.6 Å². The molecule has 0 spiro atoms. The number of hydrogen-bond donors (Lipinski definition) is 0. The summed E-state index contributed by atoms with van der Waals surface area (Å²) >= 11 is 6.44. The third kappa shape index (κ3) is 6.72.